The van der Waals surface area contributed by atoms with Crippen LogP contribution in [0.4, 0.5) is 0 Å². The monoisotopic (exact) mass is 250 g/mol. The number of benzene rings is 1. The van der Waals surface area contributed by atoms with Crippen molar-refractivity contribution in [2.24, 2.45) is 0 Å². The lowest BCUT2D eigenvalue weighted by Gasteiger charge is -2.13. The molecular formula is C14H18O4. The summed E-state index contributed by atoms with van der Waals surface area (Å²) in [5.74, 6) is -0.914. The first-order chi connectivity index (χ1) is 8.63. The summed E-state index contributed by atoms with van der Waals surface area (Å²) < 4.78 is 5.18. The number of carboxylic acid groups (broad SMARTS) is 1. The number of carbonyl (C=O) groups excluding carboxylic acids is 1. The summed E-state index contributed by atoms with van der Waals surface area (Å²) in [6, 6.07) is 9.63. The number of rotatable bonds is 8. The Kier molecular flexibility index (Phi) is 6.08. The van der Waals surface area contributed by atoms with Gasteiger partial charge in [0.2, 0.25) is 0 Å². The Labute approximate surface area is 107 Å². The van der Waals surface area contributed by atoms with Crippen molar-refractivity contribution >= 4 is 11.8 Å². The molecule has 4 nitrogen and oxygen atoms in total. The summed E-state index contributed by atoms with van der Waals surface area (Å²) in [6.45, 7) is 0. The Morgan fingerprint density at radius 2 is 1.89 bits per heavy atom. The minimum Gasteiger partial charge on any atom is -0.481 e. The van der Waals surface area contributed by atoms with Crippen molar-refractivity contribution < 1.29 is 19.4 Å². The van der Waals surface area contributed by atoms with Crippen LogP contribution >= 0.6 is 0 Å². The van der Waals surface area contributed by atoms with Gasteiger partial charge in [0.15, 0.2) is 5.78 Å². The van der Waals surface area contributed by atoms with Crippen LogP contribution in [0.15, 0.2) is 30.3 Å². The molecule has 0 aliphatic heterocycles. The second-order valence-electron chi connectivity index (χ2n) is 4.13. The van der Waals surface area contributed by atoms with Crippen LogP contribution in [0.5, 0.6) is 0 Å². The molecule has 1 atom stereocenters. The van der Waals surface area contributed by atoms with Gasteiger partial charge < -0.3 is 9.84 Å². The number of methoxy groups -OCH3 is 1. The molecule has 0 aromatic heterocycles. The van der Waals surface area contributed by atoms with Gasteiger partial charge in [0, 0.05) is 26.4 Å². The van der Waals surface area contributed by atoms with Crippen molar-refractivity contribution in [3.63, 3.8) is 0 Å². The van der Waals surface area contributed by atoms with Crippen molar-refractivity contribution in [3.8, 4) is 0 Å². The number of ether oxygens (including phenoxy) is 1. The minimum atomic E-state index is -0.875. The molecule has 0 aliphatic carbocycles. The van der Waals surface area contributed by atoms with E-state index in [2.05, 4.69) is 0 Å². The molecule has 18 heavy (non-hydrogen) atoms. The molecule has 0 spiro atoms. The Morgan fingerprint density at radius 1 is 1.22 bits per heavy atom. The number of carboxylic acids is 1. The molecule has 4 heteroatoms. The van der Waals surface area contributed by atoms with Crippen LogP contribution in [0.3, 0.4) is 0 Å². The first-order valence-corrected chi connectivity index (χ1v) is 5.94. The van der Waals surface area contributed by atoms with E-state index in [0.29, 0.717) is 12.8 Å². The number of ketones is 1. The second-order valence-corrected chi connectivity index (χ2v) is 4.13. The molecule has 0 bridgehead atoms. The quantitative estimate of drug-likeness (QED) is 0.767. The number of Topliss-reactive ketones (excluding diaryl/α,β-unsaturated/α-hetero) is 1. The fourth-order valence-corrected chi connectivity index (χ4v) is 1.73. The molecule has 1 N–H and O–H groups in total. The minimum absolute atomic E-state index is 0.0213. The lowest BCUT2D eigenvalue weighted by molar-refractivity contribution is -0.137. The maximum absolute atomic E-state index is 11.8. The van der Waals surface area contributed by atoms with E-state index in [0.717, 1.165) is 5.56 Å². The number of hydrogen-bond donors (Lipinski definition) is 1. The Bertz CT molecular complexity index is 386. The highest BCUT2D eigenvalue weighted by Crippen LogP contribution is 2.09. The fraction of sp³-hybridized carbons (Fsp3) is 0.429. The predicted octanol–water partition coefficient (Wildman–Crippen LogP) is 2.07. The van der Waals surface area contributed by atoms with E-state index in [1.165, 1.54) is 7.11 Å². The summed E-state index contributed by atoms with van der Waals surface area (Å²) >= 11 is 0. The van der Waals surface area contributed by atoms with Gasteiger partial charge in [-0.1, -0.05) is 30.3 Å². The molecular weight excluding hydrogens is 232 g/mol. The van der Waals surface area contributed by atoms with E-state index < -0.39 is 12.1 Å². The van der Waals surface area contributed by atoms with Crippen molar-refractivity contribution in [1.82, 2.24) is 0 Å². The Morgan fingerprint density at radius 3 is 2.44 bits per heavy atom. The zero-order chi connectivity index (χ0) is 13.4. The van der Waals surface area contributed by atoms with Crippen LogP contribution < -0.4 is 0 Å². The predicted molar refractivity (Wildman–Crippen MR) is 67.4 cm³/mol. The maximum Gasteiger partial charge on any atom is 0.303 e. The smallest absolute Gasteiger partial charge is 0.303 e. The van der Waals surface area contributed by atoms with Gasteiger partial charge in [0.05, 0.1) is 0 Å². The third-order valence-electron chi connectivity index (χ3n) is 2.72. The largest absolute Gasteiger partial charge is 0.481 e. The van der Waals surface area contributed by atoms with Gasteiger partial charge in [-0.2, -0.15) is 0 Å². The third kappa shape index (κ3) is 5.10. The average Bonchev–Trinajstić information content (AvgIpc) is 2.36. The summed E-state index contributed by atoms with van der Waals surface area (Å²) in [5, 5.41) is 8.51. The summed E-state index contributed by atoms with van der Waals surface area (Å²) in [4.78, 5) is 22.2. The molecule has 98 valence electrons. The van der Waals surface area contributed by atoms with E-state index in [1.54, 1.807) is 0 Å². The van der Waals surface area contributed by atoms with E-state index in [4.69, 9.17) is 9.84 Å². The van der Waals surface area contributed by atoms with Gasteiger partial charge in [-0.05, 0) is 12.0 Å². The molecule has 0 saturated heterocycles. The first kappa shape index (κ1) is 14.4. The molecule has 1 unspecified atom stereocenters. The van der Waals surface area contributed by atoms with Crippen molar-refractivity contribution in [2.75, 3.05) is 7.11 Å². The molecule has 0 fully saturated rings. The highest BCUT2D eigenvalue weighted by Gasteiger charge is 2.18. The SMILES string of the molecule is COC(Cc1ccccc1)C(=O)CCCC(=O)O. The molecule has 1 aromatic carbocycles. The Balaban J connectivity index is 2.45. The topological polar surface area (TPSA) is 63.6 Å². The van der Waals surface area contributed by atoms with E-state index in [1.807, 2.05) is 30.3 Å². The van der Waals surface area contributed by atoms with Gasteiger partial charge in [0.1, 0.15) is 6.10 Å². The average molecular weight is 250 g/mol. The lowest BCUT2D eigenvalue weighted by Crippen LogP contribution is -2.25. The standard InChI is InChI=1S/C14H18O4/c1-18-13(10-11-6-3-2-4-7-11)12(15)8-5-9-14(16)17/h2-4,6-7,13H,5,8-10H2,1H3,(H,16,17). The number of aliphatic carboxylic acids is 1. The lowest BCUT2D eigenvalue weighted by atomic mass is 10.0. The summed E-state index contributed by atoms with van der Waals surface area (Å²) in [7, 11) is 1.50. The molecule has 0 aliphatic rings. The number of hydrogen-bond acceptors (Lipinski definition) is 3. The normalized spacial score (nSPS) is 12.1. The van der Waals surface area contributed by atoms with E-state index >= 15 is 0 Å². The van der Waals surface area contributed by atoms with Gasteiger partial charge >= 0.3 is 5.97 Å². The molecule has 0 saturated carbocycles. The highest BCUT2D eigenvalue weighted by molar-refractivity contribution is 5.83. The van der Waals surface area contributed by atoms with E-state index in [-0.39, 0.29) is 18.6 Å². The Hall–Kier alpha value is -1.68. The fourth-order valence-electron chi connectivity index (χ4n) is 1.73. The number of carbonyl (C=O) groups is 2. The van der Waals surface area contributed by atoms with E-state index in [9.17, 15) is 9.59 Å². The molecule has 0 heterocycles. The zero-order valence-corrected chi connectivity index (χ0v) is 10.5. The van der Waals surface area contributed by atoms with Crippen molar-refractivity contribution in [1.29, 1.82) is 0 Å². The van der Waals surface area contributed by atoms with Crippen LogP contribution in [0.25, 0.3) is 0 Å². The van der Waals surface area contributed by atoms with Crippen molar-refractivity contribution in [2.45, 2.75) is 31.8 Å². The summed E-state index contributed by atoms with van der Waals surface area (Å²) in [5.41, 5.74) is 1.04. The summed E-state index contributed by atoms with van der Waals surface area (Å²) in [6.07, 6.45) is 0.679. The van der Waals surface area contributed by atoms with Crippen molar-refractivity contribution in [3.05, 3.63) is 35.9 Å². The van der Waals surface area contributed by atoms with Gasteiger partial charge in [-0.25, -0.2) is 0 Å². The first-order valence-electron chi connectivity index (χ1n) is 5.94. The molecule has 0 radical (unpaired) electrons. The van der Waals surface area contributed by atoms with Crippen LogP contribution in [0, 0.1) is 0 Å². The van der Waals surface area contributed by atoms with Crippen LogP contribution in [0.1, 0.15) is 24.8 Å². The van der Waals surface area contributed by atoms with Gasteiger partial charge in [-0.3, -0.25) is 9.59 Å². The van der Waals surface area contributed by atoms with Crippen LogP contribution in [-0.4, -0.2) is 30.1 Å². The second kappa shape index (κ2) is 7.61. The van der Waals surface area contributed by atoms with Gasteiger partial charge in [-0.15, -0.1) is 0 Å². The van der Waals surface area contributed by atoms with Crippen LogP contribution in [0.2, 0.25) is 0 Å². The molecule has 1 rings (SSSR count). The van der Waals surface area contributed by atoms with Crippen LogP contribution in [-0.2, 0) is 20.7 Å². The molecule has 0 amide bonds. The molecule has 1 aromatic rings. The van der Waals surface area contributed by atoms with Gasteiger partial charge in [0.25, 0.3) is 0 Å². The zero-order valence-electron chi connectivity index (χ0n) is 10.5. The highest BCUT2D eigenvalue weighted by atomic mass is 16.5. The third-order valence-corrected chi connectivity index (χ3v) is 2.72. The maximum atomic E-state index is 11.8.